The molecule has 3 rings (SSSR count). The van der Waals surface area contributed by atoms with Crippen molar-refractivity contribution in [1.82, 2.24) is 15.3 Å². The molecule has 144 valence electrons. The zero-order valence-electron chi connectivity index (χ0n) is 15.1. The highest BCUT2D eigenvalue weighted by Gasteiger charge is 2.10. The first-order chi connectivity index (χ1) is 13.3. The average molecular weight is 413 g/mol. The predicted molar refractivity (Wildman–Crippen MR) is 115 cm³/mol. The van der Waals surface area contributed by atoms with Crippen molar-refractivity contribution in [2.45, 2.75) is 11.8 Å². The lowest BCUT2D eigenvalue weighted by molar-refractivity contribution is 0.603. The second kappa shape index (κ2) is 8.32. The lowest BCUT2D eigenvalue weighted by atomic mass is 10.3. The number of thiocarbonyl (C=S) groups is 1. The Balaban J connectivity index is 1.70. The van der Waals surface area contributed by atoms with Gasteiger partial charge in [-0.1, -0.05) is 30.4 Å². The molecule has 1 heterocycles. The third kappa shape index (κ3) is 5.02. The van der Waals surface area contributed by atoms with E-state index in [1.807, 2.05) is 13.0 Å². The second-order valence-electron chi connectivity index (χ2n) is 6.07. The van der Waals surface area contributed by atoms with E-state index in [9.17, 15) is 8.42 Å². The molecule has 0 unspecified atom stereocenters. The summed E-state index contributed by atoms with van der Waals surface area (Å²) in [4.78, 5) is 8.45. The predicted octanol–water partition coefficient (Wildman–Crippen LogP) is 3.89. The largest absolute Gasteiger partial charge is 0.433 e. The first kappa shape index (κ1) is 19.7. The van der Waals surface area contributed by atoms with Crippen molar-refractivity contribution >= 4 is 49.9 Å². The van der Waals surface area contributed by atoms with E-state index in [1.165, 1.54) is 18.3 Å². The Morgan fingerprint density at radius 3 is 2.50 bits per heavy atom. The van der Waals surface area contributed by atoms with Gasteiger partial charge in [0.1, 0.15) is 0 Å². The topological polar surface area (TPSA) is 98.1 Å². The molecule has 2 N–H and O–H groups in total. The molecule has 0 saturated carbocycles. The maximum absolute atomic E-state index is 12.5. The summed E-state index contributed by atoms with van der Waals surface area (Å²) >= 11 is 5.17. The molecule has 28 heavy (non-hydrogen) atoms. The van der Waals surface area contributed by atoms with E-state index in [1.54, 1.807) is 30.3 Å². The van der Waals surface area contributed by atoms with Gasteiger partial charge in [0.15, 0.2) is 5.11 Å². The molecule has 0 saturated heterocycles. The van der Waals surface area contributed by atoms with E-state index < -0.39 is 10.0 Å². The van der Waals surface area contributed by atoms with Crippen LogP contribution in [0.4, 0.5) is 11.5 Å². The zero-order valence-corrected chi connectivity index (χ0v) is 16.7. The van der Waals surface area contributed by atoms with Gasteiger partial charge in [-0.2, -0.15) is 0 Å². The highest BCUT2D eigenvalue weighted by Crippen LogP contribution is 2.27. The molecule has 0 atom stereocenters. The smallest absolute Gasteiger partial charge is 0.202 e. The standard InChI is InChI=1S/C19H19N5O2S2/c1-13(2)11-21-19(27)22-14-7-9-15(10-8-14)28(25,26)24-18-12-20-16-5-3-4-6-17(16)23-18/h3-10,12H,1,11H2,2H3,(H3,21,22,23,24,27)/p-1. The summed E-state index contributed by atoms with van der Waals surface area (Å²) in [5, 5.41) is 6.39. The summed E-state index contributed by atoms with van der Waals surface area (Å²) in [5.41, 5.74) is 2.85. The van der Waals surface area contributed by atoms with Crippen LogP contribution in [0.5, 0.6) is 0 Å². The fourth-order valence-electron chi connectivity index (χ4n) is 2.28. The number of aromatic nitrogens is 2. The molecule has 0 radical (unpaired) electrons. The number of nitrogens with zero attached hydrogens (tertiary/aromatic N) is 3. The Morgan fingerprint density at radius 1 is 1.14 bits per heavy atom. The molecular formula is C19H18N5O2S2-. The minimum atomic E-state index is -3.91. The van der Waals surface area contributed by atoms with Crippen molar-refractivity contribution in [1.29, 1.82) is 0 Å². The Hall–Kier alpha value is -3.04. The van der Waals surface area contributed by atoms with Gasteiger partial charge in [-0.15, -0.1) is 0 Å². The van der Waals surface area contributed by atoms with Crippen LogP contribution >= 0.6 is 12.2 Å². The highest BCUT2D eigenvalue weighted by molar-refractivity contribution is 7.94. The average Bonchev–Trinajstić information content (AvgIpc) is 2.66. The molecule has 3 aromatic rings. The van der Waals surface area contributed by atoms with E-state index in [-0.39, 0.29) is 10.7 Å². The Kier molecular flexibility index (Phi) is 5.86. The number of anilines is 1. The number of benzene rings is 2. The number of fused-ring (bicyclic) bond motifs is 1. The van der Waals surface area contributed by atoms with Crippen LogP contribution in [0.1, 0.15) is 6.92 Å². The molecule has 0 spiro atoms. The third-order valence-corrected chi connectivity index (χ3v) is 5.15. The summed E-state index contributed by atoms with van der Waals surface area (Å²) in [6.07, 6.45) is 1.33. The number of hydrogen-bond acceptors (Lipinski definition) is 5. The minimum Gasteiger partial charge on any atom is -0.433 e. The first-order valence-corrected chi connectivity index (χ1v) is 10.2. The fraction of sp³-hybridized carbons (Fsp3) is 0.105. The number of nitrogens with one attached hydrogen (secondary N) is 2. The number of para-hydroxylation sites is 2. The van der Waals surface area contributed by atoms with Crippen molar-refractivity contribution in [3.8, 4) is 0 Å². The van der Waals surface area contributed by atoms with E-state index in [0.29, 0.717) is 28.4 Å². The molecule has 0 bridgehead atoms. The Bertz CT molecular complexity index is 1130. The first-order valence-electron chi connectivity index (χ1n) is 8.32. The summed E-state index contributed by atoms with van der Waals surface area (Å²) in [6.45, 7) is 6.23. The van der Waals surface area contributed by atoms with Crippen LogP contribution in [0.25, 0.3) is 15.8 Å². The van der Waals surface area contributed by atoms with Crippen LogP contribution in [0, 0.1) is 0 Å². The van der Waals surface area contributed by atoms with Gasteiger partial charge in [0.25, 0.3) is 0 Å². The van der Waals surface area contributed by atoms with Crippen LogP contribution in [0.3, 0.4) is 0 Å². The van der Waals surface area contributed by atoms with Gasteiger partial charge in [0.2, 0.25) is 10.0 Å². The van der Waals surface area contributed by atoms with Gasteiger partial charge in [-0.3, -0.25) is 4.98 Å². The molecule has 9 heteroatoms. The molecule has 0 amide bonds. The minimum absolute atomic E-state index is 0.0334. The molecule has 1 aromatic heterocycles. The summed E-state index contributed by atoms with van der Waals surface area (Å²) in [5.74, 6) is 0.0334. The lowest BCUT2D eigenvalue weighted by Crippen LogP contribution is -2.29. The molecule has 0 aliphatic carbocycles. The van der Waals surface area contributed by atoms with E-state index in [4.69, 9.17) is 12.2 Å². The molecular weight excluding hydrogens is 394 g/mol. The molecule has 0 aliphatic rings. The molecule has 7 nitrogen and oxygen atoms in total. The highest BCUT2D eigenvalue weighted by atomic mass is 32.2. The van der Waals surface area contributed by atoms with Gasteiger partial charge >= 0.3 is 0 Å². The molecule has 0 fully saturated rings. The van der Waals surface area contributed by atoms with E-state index >= 15 is 0 Å². The van der Waals surface area contributed by atoms with Crippen LogP contribution < -0.4 is 10.6 Å². The lowest BCUT2D eigenvalue weighted by Gasteiger charge is -2.16. The van der Waals surface area contributed by atoms with Gasteiger partial charge in [0, 0.05) is 18.4 Å². The van der Waals surface area contributed by atoms with Crippen molar-refractivity contribution in [3.63, 3.8) is 0 Å². The van der Waals surface area contributed by atoms with Crippen LogP contribution in [-0.2, 0) is 10.0 Å². The summed E-state index contributed by atoms with van der Waals surface area (Å²) in [6, 6.07) is 13.3. The normalized spacial score (nSPS) is 11.0. The number of sulfonamides is 1. The number of rotatable bonds is 6. The summed E-state index contributed by atoms with van der Waals surface area (Å²) in [7, 11) is -3.91. The van der Waals surface area contributed by atoms with Gasteiger partial charge in [0.05, 0.1) is 10.4 Å². The molecule has 0 aliphatic heterocycles. The second-order valence-corrected chi connectivity index (χ2v) is 8.08. The zero-order chi connectivity index (χ0) is 20.1. The van der Waals surface area contributed by atoms with Crippen LogP contribution in [0.15, 0.2) is 71.8 Å². The summed E-state index contributed by atoms with van der Waals surface area (Å²) < 4.78 is 28.9. The van der Waals surface area contributed by atoms with E-state index in [0.717, 1.165) is 5.57 Å². The maximum Gasteiger partial charge on any atom is 0.202 e. The van der Waals surface area contributed by atoms with Crippen molar-refractivity contribution in [3.05, 3.63) is 71.6 Å². The van der Waals surface area contributed by atoms with Crippen LogP contribution in [-0.4, -0.2) is 30.0 Å². The Labute approximate surface area is 169 Å². The fourth-order valence-corrected chi connectivity index (χ4v) is 3.39. The van der Waals surface area contributed by atoms with Gasteiger partial charge < -0.3 is 20.3 Å². The van der Waals surface area contributed by atoms with Crippen molar-refractivity contribution in [2.24, 2.45) is 0 Å². The quantitative estimate of drug-likeness (QED) is 0.468. The van der Waals surface area contributed by atoms with Crippen molar-refractivity contribution in [2.75, 3.05) is 11.9 Å². The third-order valence-electron chi connectivity index (χ3n) is 3.61. The maximum atomic E-state index is 12.5. The Morgan fingerprint density at radius 2 is 1.82 bits per heavy atom. The monoisotopic (exact) mass is 412 g/mol. The number of hydrogen-bond donors (Lipinski definition) is 2. The van der Waals surface area contributed by atoms with Gasteiger partial charge in [-0.05, 0) is 60.8 Å². The van der Waals surface area contributed by atoms with E-state index in [2.05, 4.69) is 31.9 Å². The SMILES string of the molecule is C=C(C)CNC(=S)Nc1ccc(S(=O)(=O)[N-]c2cnc3ccccc3n2)cc1. The van der Waals surface area contributed by atoms with Gasteiger partial charge in [-0.25, -0.2) is 8.42 Å². The van der Waals surface area contributed by atoms with Crippen LogP contribution in [0.2, 0.25) is 0 Å². The molecule has 2 aromatic carbocycles. The van der Waals surface area contributed by atoms with Crippen molar-refractivity contribution < 1.29 is 8.42 Å².